The van der Waals surface area contributed by atoms with E-state index in [1.807, 2.05) is 0 Å². The first kappa shape index (κ1) is 31.5. The Morgan fingerprint density at radius 3 is 1.55 bits per heavy atom. The molecule has 53 heavy (non-hydrogen) atoms. The molecule has 0 atom stereocenters. The summed E-state index contributed by atoms with van der Waals surface area (Å²) in [6, 6.07) is 63.4. The molecule has 0 unspecified atom stereocenters. The van der Waals surface area contributed by atoms with Gasteiger partial charge >= 0.3 is 0 Å². The summed E-state index contributed by atoms with van der Waals surface area (Å²) in [7, 11) is 0. The lowest BCUT2D eigenvalue weighted by molar-refractivity contribution is 0.563. The van der Waals surface area contributed by atoms with Crippen molar-refractivity contribution in [3.05, 3.63) is 227 Å². The zero-order valence-corrected chi connectivity index (χ0v) is 30.3. The molecule has 1 spiro atoms. The molecule has 7 aromatic carbocycles. The summed E-state index contributed by atoms with van der Waals surface area (Å²) in [5.41, 5.74) is 18.8. The molecule has 0 radical (unpaired) electrons. The number of benzene rings is 7. The molecule has 0 N–H and O–H groups in total. The van der Waals surface area contributed by atoms with Crippen LogP contribution in [0.2, 0.25) is 0 Å². The van der Waals surface area contributed by atoms with E-state index in [0.29, 0.717) is 0 Å². The van der Waals surface area contributed by atoms with E-state index in [2.05, 4.69) is 207 Å². The van der Waals surface area contributed by atoms with Gasteiger partial charge in [0, 0.05) is 22.5 Å². The molecule has 1 heteroatoms. The molecule has 10 rings (SSSR count). The van der Waals surface area contributed by atoms with Gasteiger partial charge in [-0.15, -0.1) is 0 Å². The SMILES string of the molecule is CC1(C)c2ccccc2C2(c3ccccc3-c3cc(N(c4ccc(C5=CCCC=C5)cc4)c4ccc(-c5ccccc5)cc4)ccc32)c2ccccc21. The minimum Gasteiger partial charge on any atom is -0.310 e. The fraction of sp³-hybridized carbons (Fsp3) is 0.115. The molecule has 7 aromatic rings. The summed E-state index contributed by atoms with van der Waals surface area (Å²) in [5, 5.41) is 0. The van der Waals surface area contributed by atoms with Crippen LogP contribution in [0.1, 0.15) is 65.6 Å². The van der Waals surface area contributed by atoms with Crippen molar-refractivity contribution in [2.45, 2.75) is 37.5 Å². The topological polar surface area (TPSA) is 3.24 Å². The highest BCUT2D eigenvalue weighted by Crippen LogP contribution is 2.62. The summed E-state index contributed by atoms with van der Waals surface area (Å²) in [5.74, 6) is 0. The van der Waals surface area contributed by atoms with Crippen molar-refractivity contribution < 1.29 is 0 Å². The van der Waals surface area contributed by atoms with Gasteiger partial charge in [-0.25, -0.2) is 0 Å². The van der Waals surface area contributed by atoms with Crippen LogP contribution in [0.25, 0.3) is 27.8 Å². The van der Waals surface area contributed by atoms with E-state index in [9.17, 15) is 0 Å². The van der Waals surface area contributed by atoms with Crippen LogP contribution in [0.3, 0.4) is 0 Å². The largest absolute Gasteiger partial charge is 0.310 e. The lowest BCUT2D eigenvalue weighted by Gasteiger charge is -2.46. The first-order valence-electron chi connectivity index (χ1n) is 18.9. The number of nitrogens with zero attached hydrogens (tertiary/aromatic N) is 1. The number of anilines is 3. The van der Waals surface area contributed by atoms with Gasteiger partial charge in [-0.05, 0) is 116 Å². The Bertz CT molecular complexity index is 2520. The Kier molecular flexibility index (Phi) is 7.27. The molecule has 0 fully saturated rings. The number of allylic oxidation sites excluding steroid dienone is 4. The second-order valence-electron chi connectivity index (χ2n) is 15.2. The van der Waals surface area contributed by atoms with Crippen molar-refractivity contribution in [1.82, 2.24) is 0 Å². The second-order valence-corrected chi connectivity index (χ2v) is 15.2. The summed E-state index contributed by atoms with van der Waals surface area (Å²) in [6.07, 6.45) is 9.10. The van der Waals surface area contributed by atoms with Gasteiger partial charge < -0.3 is 4.90 Å². The smallest absolute Gasteiger partial charge is 0.0719 e. The van der Waals surface area contributed by atoms with Crippen LogP contribution in [0.4, 0.5) is 17.1 Å². The summed E-state index contributed by atoms with van der Waals surface area (Å²) in [6.45, 7) is 4.77. The van der Waals surface area contributed by atoms with Gasteiger partial charge in [0.05, 0.1) is 5.41 Å². The summed E-state index contributed by atoms with van der Waals surface area (Å²) in [4.78, 5) is 2.42. The lowest BCUT2D eigenvalue weighted by atomic mass is 9.55. The predicted molar refractivity (Wildman–Crippen MR) is 222 cm³/mol. The van der Waals surface area contributed by atoms with Crippen LogP contribution in [-0.2, 0) is 10.8 Å². The Labute approximate surface area is 313 Å². The Balaban J connectivity index is 1.17. The third-order valence-electron chi connectivity index (χ3n) is 12.0. The Morgan fingerprint density at radius 2 is 0.925 bits per heavy atom. The second kappa shape index (κ2) is 12.2. The standard InChI is InChI=1S/C52H41N/c1-51(2)47-21-11-13-23-49(47)52(50-24-14-12-22-48(50)51)45-20-10-9-19-43(45)44-35-42(33-34-46(44)52)53(40-29-25-38(26-30-40)36-15-5-3-6-16-36)41-31-27-39(28-32-41)37-17-7-4-8-18-37/h3,5-7,9-35H,4,8H2,1-2H3. The van der Waals surface area contributed by atoms with E-state index in [1.54, 1.807) is 0 Å². The van der Waals surface area contributed by atoms with E-state index in [1.165, 1.54) is 66.8 Å². The average molecular weight is 680 g/mol. The van der Waals surface area contributed by atoms with Crippen molar-refractivity contribution >= 4 is 22.6 Å². The molecule has 0 aliphatic heterocycles. The van der Waals surface area contributed by atoms with Gasteiger partial charge in [-0.1, -0.05) is 166 Å². The molecule has 1 nitrogen and oxygen atoms in total. The van der Waals surface area contributed by atoms with Gasteiger partial charge in [-0.3, -0.25) is 0 Å². The molecule has 0 saturated carbocycles. The molecule has 3 aliphatic rings. The predicted octanol–water partition coefficient (Wildman–Crippen LogP) is 13.6. The number of hydrogen-bond acceptors (Lipinski definition) is 1. The van der Waals surface area contributed by atoms with Crippen molar-refractivity contribution in [2.75, 3.05) is 4.90 Å². The van der Waals surface area contributed by atoms with Crippen LogP contribution in [0.5, 0.6) is 0 Å². The summed E-state index contributed by atoms with van der Waals surface area (Å²) >= 11 is 0. The van der Waals surface area contributed by atoms with Crippen LogP contribution < -0.4 is 4.90 Å². The maximum atomic E-state index is 2.44. The van der Waals surface area contributed by atoms with Crippen LogP contribution in [-0.4, -0.2) is 0 Å². The van der Waals surface area contributed by atoms with E-state index in [-0.39, 0.29) is 5.41 Å². The van der Waals surface area contributed by atoms with Gasteiger partial charge in [0.25, 0.3) is 0 Å². The van der Waals surface area contributed by atoms with Gasteiger partial charge in [0.1, 0.15) is 0 Å². The van der Waals surface area contributed by atoms with Crippen LogP contribution in [0, 0.1) is 0 Å². The summed E-state index contributed by atoms with van der Waals surface area (Å²) < 4.78 is 0. The van der Waals surface area contributed by atoms with Crippen molar-refractivity contribution in [2.24, 2.45) is 0 Å². The molecule has 254 valence electrons. The van der Waals surface area contributed by atoms with Gasteiger partial charge in [0.2, 0.25) is 0 Å². The van der Waals surface area contributed by atoms with Crippen LogP contribution >= 0.6 is 0 Å². The molecule has 0 bridgehead atoms. The minimum absolute atomic E-state index is 0.117. The van der Waals surface area contributed by atoms with Crippen molar-refractivity contribution in [1.29, 1.82) is 0 Å². The third-order valence-corrected chi connectivity index (χ3v) is 12.0. The maximum absolute atomic E-state index is 2.44. The fourth-order valence-electron chi connectivity index (χ4n) is 9.50. The van der Waals surface area contributed by atoms with E-state index < -0.39 is 5.41 Å². The molecule has 0 heterocycles. The maximum Gasteiger partial charge on any atom is 0.0719 e. The highest BCUT2D eigenvalue weighted by molar-refractivity contribution is 5.92. The molecular formula is C52H41N. The van der Waals surface area contributed by atoms with Gasteiger partial charge in [0.15, 0.2) is 0 Å². The lowest BCUT2D eigenvalue weighted by Crippen LogP contribution is -2.40. The Morgan fingerprint density at radius 1 is 0.415 bits per heavy atom. The number of fused-ring (bicyclic) bond motifs is 9. The highest BCUT2D eigenvalue weighted by atomic mass is 15.1. The first-order chi connectivity index (χ1) is 26.0. The zero-order valence-electron chi connectivity index (χ0n) is 30.3. The average Bonchev–Trinajstić information content (AvgIpc) is 3.52. The van der Waals surface area contributed by atoms with E-state index in [0.717, 1.165) is 29.9 Å². The third kappa shape index (κ3) is 4.77. The van der Waals surface area contributed by atoms with Gasteiger partial charge in [-0.2, -0.15) is 0 Å². The molecule has 0 amide bonds. The number of hydrogen-bond donors (Lipinski definition) is 0. The number of rotatable bonds is 5. The molecule has 3 aliphatic carbocycles. The van der Waals surface area contributed by atoms with Crippen molar-refractivity contribution in [3.8, 4) is 22.3 Å². The molecule has 0 aromatic heterocycles. The monoisotopic (exact) mass is 679 g/mol. The van der Waals surface area contributed by atoms with Crippen molar-refractivity contribution in [3.63, 3.8) is 0 Å². The Hall–Kier alpha value is -6.18. The van der Waals surface area contributed by atoms with E-state index in [4.69, 9.17) is 0 Å². The molecular weight excluding hydrogens is 639 g/mol. The highest BCUT2D eigenvalue weighted by Gasteiger charge is 2.53. The van der Waals surface area contributed by atoms with Crippen LogP contribution in [0.15, 0.2) is 188 Å². The zero-order chi connectivity index (χ0) is 35.6. The first-order valence-corrected chi connectivity index (χ1v) is 18.9. The minimum atomic E-state index is -0.405. The molecule has 0 saturated heterocycles. The van der Waals surface area contributed by atoms with E-state index >= 15 is 0 Å². The quantitative estimate of drug-likeness (QED) is 0.175. The fourth-order valence-corrected chi connectivity index (χ4v) is 9.50. The normalized spacial score (nSPS) is 15.5.